The third-order valence-corrected chi connectivity index (χ3v) is 3.39. The first-order chi connectivity index (χ1) is 12.4. The van der Waals surface area contributed by atoms with E-state index in [2.05, 4.69) is 0 Å². The Kier molecular flexibility index (Phi) is 5.87. The summed E-state index contributed by atoms with van der Waals surface area (Å²) in [5.41, 5.74) is 0.0365. The molecule has 0 atom stereocenters. The van der Waals surface area contributed by atoms with Crippen LogP contribution < -0.4 is 9.47 Å². The Bertz CT molecular complexity index is 890. The first kappa shape index (κ1) is 18.9. The molecular formula is C19H13F3N2O2. The average molecular weight is 358 g/mol. The minimum Gasteiger partial charge on any atom is -0.493 e. The molecule has 0 aliphatic heterocycles. The molecule has 2 aromatic rings. The zero-order valence-electron chi connectivity index (χ0n) is 13.7. The maximum Gasteiger partial charge on any atom is 0.416 e. The van der Waals surface area contributed by atoms with Crippen LogP contribution in [0.4, 0.5) is 13.2 Å². The summed E-state index contributed by atoms with van der Waals surface area (Å²) in [6.45, 7) is -0.100. The van der Waals surface area contributed by atoms with E-state index < -0.39 is 11.7 Å². The summed E-state index contributed by atoms with van der Waals surface area (Å²) < 4.78 is 49.1. The lowest BCUT2D eigenvalue weighted by Gasteiger charge is -2.13. The Labute approximate surface area is 148 Å². The first-order valence-corrected chi connectivity index (χ1v) is 7.36. The van der Waals surface area contributed by atoms with Crippen molar-refractivity contribution in [1.82, 2.24) is 0 Å². The molecule has 0 heterocycles. The highest BCUT2D eigenvalue weighted by molar-refractivity contribution is 5.64. The average Bonchev–Trinajstić information content (AvgIpc) is 2.64. The quantitative estimate of drug-likeness (QED) is 0.725. The molecule has 0 spiro atoms. The fraction of sp³-hybridized carbons (Fsp3) is 0.158. The molecule has 0 N–H and O–H groups in total. The lowest BCUT2D eigenvalue weighted by molar-refractivity contribution is -0.137. The van der Waals surface area contributed by atoms with Crippen LogP contribution in [-0.4, -0.2) is 7.11 Å². The lowest BCUT2D eigenvalue weighted by Crippen LogP contribution is -2.06. The van der Waals surface area contributed by atoms with E-state index in [1.165, 1.54) is 25.3 Å². The van der Waals surface area contributed by atoms with Gasteiger partial charge < -0.3 is 9.47 Å². The number of methoxy groups -OCH3 is 1. The van der Waals surface area contributed by atoms with Crippen molar-refractivity contribution >= 4 is 6.08 Å². The maximum absolute atomic E-state index is 12.8. The summed E-state index contributed by atoms with van der Waals surface area (Å²) in [6.07, 6.45) is -3.06. The van der Waals surface area contributed by atoms with Crippen LogP contribution in [0.1, 0.15) is 16.7 Å². The summed E-state index contributed by atoms with van der Waals surface area (Å²) in [5, 5.41) is 17.6. The van der Waals surface area contributed by atoms with Crippen LogP contribution in [-0.2, 0) is 12.8 Å². The Morgan fingerprint density at radius 3 is 2.42 bits per heavy atom. The Balaban J connectivity index is 2.25. The van der Waals surface area contributed by atoms with Crippen molar-refractivity contribution in [2.75, 3.05) is 7.11 Å². The zero-order chi connectivity index (χ0) is 19.2. The third-order valence-electron chi connectivity index (χ3n) is 3.39. The van der Waals surface area contributed by atoms with Gasteiger partial charge in [0.15, 0.2) is 11.5 Å². The van der Waals surface area contributed by atoms with Gasteiger partial charge in [0, 0.05) is 0 Å². The van der Waals surface area contributed by atoms with Gasteiger partial charge in [-0.25, -0.2) is 0 Å². The fourth-order valence-electron chi connectivity index (χ4n) is 2.15. The number of nitriles is 2. The molecule has 4 nitrogen and oxygen atoms in total. The van der Waals surface area contributed by atoms with Gasteiger partial charge in [0.25, 0.3) is 0 Å². The van der Waals surface area contributed by atoms with Gasteiger partial charge in [0.2, 0.25) is 0 Å². The smallest absolute Gasteiger partial charge is 0.416 e. The van der Waals surface area contributed by atoms with E-state index in [1.54, 1.807) is 30.3 Å². The molecule has 0 bridgehead atoms. The summed E-state index contributed by atoms with van der Waals surface area (Å²) in [5.74, 6) is 0.665. The minimum absolute atomic E-state index is 0.0843. The highest BCUT2D eigenvalue weighted by Crippen LogP contribution is 2.32. The van der Waals surface area contributed by atoms with Crippen LogP contribution in [0.2, 0.25) is 0 Å². The molecular weight excluding hydrogens is 345 g/mol. The van der Waals surface area contributed by atoms with Crippen molar-refractivity contribution in [1.29, 1.82) is 10.5 Å². The normalized spacial score (nSPS) is 10.4. The molecule has 0 unspecified atom stereocenters. The SMILES string of the molecule is COc1ccc(C=C(C#N)C#N)cc1OCc1cccc(C(F)(F)F)c1. The number of nitrogens with zero attached hydrogens (tertiary/aromatic N) is 2. The molecule has 132 valence electrons. The van der Waals surface area contributed by atoms with Gasteiger partial charge in [-0.2, -0.15) is 23.7 Å². The molecule has 0 radical (unpaired) electrons. The van der Waals surface area contributed by atoms with Crippen LogP contribution in [0.25, 0.3) is 6.08 Å². The second kappa shape index (κ2) is 8.09. The fourth-order valence-corrected chi connectivity index (χ4v) is 2.15. The second-order valence-corrected chi connectivity index (χ2v) is 5.18. The van der Waals surface area contributed by atoms with Gasteiger partial charge in [0.05, 0.1) is 12.7 Å². The summed E-state index contributed by atoms with van der Waals surface area (Å²) in [7, 11) is 1.43. The highest BCUT2D eigenvalue weighted by atomic mass is 19.4. The Hall–Kier alpha value is -3.45. The molecule has 0 saturated carbocycles. The van der Waals surface area contributed by atoms with E-state index in [4.69, 9.17) is 20.0 Å². The monoisotopic (exact) mass is 358 g/mol. The van der Waals surface area contributed by atoms with Crippen LogP contribution in [0.3, 0.4) is 0 Å². The topological polar surface area (TPSA) is 66.0 Å². The minimum atomic E-state index is -4.43. The predicted octanol–water partition coefficient (Wildman–Crippen LogP) is 4.72. The number of rotatable bonds is 5. The van der Waals surface area contributed by atoms with Crippen molar-refractivity contribution in [2.45, 2.75) is 12.8 Å². The number of hydrogen-bond acceptors (Lipinski definition) is 4. The van der Waals surface area contributed by atoms with Crippen molar-refractivity contribution in [3.8, 4) is 23.6 Å². The highest BCUT2D eigenvalue weighted by Gasteiger charge is 2.30. The van der Waals surface area contributed by atoms with E-state index in [1.807, 2.05) is 0 Å². The number of hydrogen-bond donors (Lipinski definition) is 0. The van der Waals surface area contributed by atoms with E-state index in [0.717, 1.165) is 12.1 Å². The van der Waals surface area contributed by atoms with E-state index in [9.17, 15) is 13.2 Å². The molecule has 26 heavy (non-hydrogen) atoms. The standard InChI is InChI=1S/C19H13F3N2O2/c1-25-17-6-5-13(7-15(10-23)11-24)9-18(17)26-12-14-3-2-4-16(8-14)19(20,21)22/h2-9H,12H2,1H3. The predicted molar refractivity (Wildman–Crippen MR) is 88.0 cm³/mol. The largest absolute Gasteiger partial charge is 0.493 e. The van der Waals surface area contributed by atoms with Crippen molar-refractivity contribution in [2.24, 2.45) is 0 Å². The van der Waals surface area contributed by atoms with Crippen LogP contribution in [0.5, 0.6) is 11.5 Å². The number of halogens is 3. The number of benzene rings is 2. The van der Waals surface area contributed by atoms with E-state index in [0.29, 0.717) is 16.9 Å². The van der Waals surface area contributed by atoms with Gasteiger partial charge in [-0.3, -0.25) is 0 Å². The summed E-state index contributed by atoms with van der Waals surface area (Å²) in [4.78, 5) is 0. The molecule has 2 aromatic carbocycles. The van der Waals surface area contributed by atoms with Crippen LogP contribution in [0.15, 0.2) is 48.0 Å². The molecule has 0 aromatic heterocycles. The third kappa shape index (κ3) is 4.78. The molecule has 2 rings (SSSR count). The summed E-state index contributed by atoms with van der Waals surface area (Å²) >= 11 is 0. The molecule has 0 fully saturated rings. The van der Waals surface area contributed by atoms with Gasteiger partial charge >= 0.3 is 6.18 Å². The Morgan fingerprint density at radius 1 is 1.08 bits per heavy atom. The number of alkyl halides is 3. The molecule has 0 aliphatic carbocycles. The van der Waals surface area contributed by atoms with E-state index in [-0.39, 0.29) is 17.9 Å². The molecule has 7 heteroatoms. The lowest BCUT2D eigenvalue weighted by atomic mass is 10.1. The van der Waals surface area contributed by atoms with Gasteiger partial charge in [-0.05, 0) is 41.5 Å². The van der Waals surface area contributed by atoms with Crippen molar-refractivity contribution in [3.05, 3.63) is 64.7 Å². The second-order valence-electron chi connectivity index (χ2n) is 5.18. The molecule has 0 saturated heterocycles. The van der Waals surface area contributed by atoms with Crippen molar-refractivity contribution in [3.63, 3.8) is 0 Å². The summed E-state index contributed by atoms with van der Waals surface area (Å²) in [6, 6.07) is 13.1. The van der Waals surface area contributed by atoms with Crippen molar-refractivity contribution < 1.29 is 22.6 Å². The van der Waals surface area contributed by atoms with Crippen LogP contribution >= 0.6 is 0 Å². The number of allylic oxidation sites excluding steroid dienone is 1. The zero-order valence-corrected chi connectivity index (χ0v) is 13.7. The first-order valence-electron chi connectivity index (χ1n) is 7.36. The van der Waals surface area contributed by atoms with Gasteiger partial charge in [0.1, 0.15) is 24.3 Å². The molecule has 0 amide bonds. The Morgan fingerprint density at radius 2 is 1.81 bits per heavy atom. The molecule has 0 aliphatic rings. The van der Waals surface area contributed by atoms with E-state index >= 15 is 0 Å². The van der Waals surface area contributed by atoms with Gasteiger partial charge in [-0.15, -0.1) is 0 Å². The maximum atomic E-state index is 12.8. The number of ether oxygens (including phenoxy) is 2. The van der Waals surface area contributed by atoms with Gasteiger partial charge in [-0.1, -0.05) is 18.2 Å². The van der Waals surface area contributed by atoms with Crippen LogP contribution in [0, 0.1) is 22.7 Å².